The van der Waals surface area contributed by atoms with Crippen molar-refractivity contribution >= 4 is 23.4 Å². The van der Waals surface area contributed by atoms with Gasteiger partial charge in [-0.15, -0.1) is 0 Å². The highest BCUT2D eigenvalue weighted by Gasteiger charge is 2.17. The van der Waals surface area contributed by atoms with Gasteiger partial charge in [-0.05, 0) is 27.7 Å². The van der Waals surface area contributed by atoms with Gasteiger partial charge in [0.1, 0.15) is 11.6 Å². The second kappa shape index (κ2) is 7.58. The van der Waals surface area contributed by atoms with Crippen molar-refractivity contribution < 1.29 is 19.2 Å². The van der Waals surface area contributed by atoms with Crippen LogP contribution in [0.4, 0.5) is 0 Å². The fourth-order valence-electron chi connectivity index (χ4n) is 1.31. The Labute approximate surface area is 106 Å². The van der Waals surface area contributed by atoms with E-state index in [1.807, 2.05) is 0 Å². The Morgan fingerprint density at radius 3 is 1.28 bits per heavy atom. The summed E-state index contributed by atoms with van der Waals surface area (Å²) >= 11 is 0. The van der Waals surface area contributed by atoms with Crippen LogP contribution in [0.3, 0.4) is 0 Å². The van der Waals surface area contributed by atoms with E-state index in [1.54, 1.807) is 13.8 Å². The van der Waals surface area contributed by atoms with Crippen LogP contribution in [0.1, 0.15) is 40.5 Å². The van der Waals surface area contributed by atoms with Crippen molar-refractivity contribution in [2.75, 3.05) is 0 Å². The van der Waals surface area contributed by atoms with Gasteiger partial charge in [-0.1, -0.05) is 0 Å². The van der Waals surface area contributed by atoms with Crippen molar-refractivity contribution in [1.82, 2.24) is 10.6 Å². The third kappa shape index (κ3) is 7.54. The fourth-order valence-corrected chi connectivity index (χ4v) is 1.31. The number of carbonyl (C=O) groups is 4. The summed E-state index contributed by atoms with van der Waals surface area (Å²) in [6, 6.07) is -0.625. The maximum Gasteiger partial charge on any atom is 0.227 e. The number of hydrogen-bond donors (Lipinski definition) is 2. The molecule has 0 aromatic carbocycles. The highest BCUT2D eigenvalue weighted by atomic mass is 16.2. The van der Waals surface area contributed by atoms with E-state index in [0.717, 1.165) is 0 Å². The predicted molar refractivity (Wildman–Crippen MR) is 65.8 cm³/mol. The summed E-state index contributed by atoms with van der Waals surface area (Å²) in [6.45, 7) is 6.11. The summed E-state index contributed by atoms with van der Waals surface area (Å²) < 4.78 is 0. The zero-order valence-corrected chi connectivity index (χ0v) is 11.2. The molecule has 2 amide bonds. The van der Waals surface area contributed by atoms with Crippen molar-refractivity contribution in [3.63, 3.8) is 0 Å². The van der Waals surface area contributed by atoms with Gasteiger partial charge < -0.3 is 10.6 Å². The first-order valence-electron chi connectivity index (χ1n) is 5.80. The molecule has 0 fully saturated rings. The molecule has 0 aromatic rings. The molecule has 102 valence electrons. The first-order chi connectivity index (χ1) is 8.22. The number of rotatable bonds is 7. The van der Waals surface area contributed by atoms with Crippen LogP contribution in [-0.4, -0.2) is 35.5 Å². The minimum Gasteiger partial charge on any atom is -0.351 e. The molecule has 0 radical (unpaired) electrons. The molecule has 0 aliphatic rings. The molecule has 0 bridgehead atoms. The predicted octanol–water partition coefficient (Wildman–Crippen LogP) is -0.0460. The van der Waals surface area contributed by atoms with Gasteiger partial charge in [0.2, 0.25) is 11.8 Å². The van der Waals surface area contributed by atoms with E-state index < -0.39 is 0 Å². The molecule has 2 unspecified atom stereocenters. The Bertz CT molecular complexity index is 318. The first kappa shape index (κ1) is 16.3. The second-order valence-electron chi connectivity index (χ2n) is 4.47. The molecule has 0 saturated heterocycles. The Morgan fingerprint density at radius 1 is 0.778 bits per heavy atom. The van der Waals surface area contributed by atoms with E-state index in [0.29, 0.717) is 0 Å². The summed E-state index contributed by atoms with van der Waals surface area (Å²) in [4.78, 5) is 44.1. The van der Waals surface area contributed by atoms with Crippen LogP contribution >= 0.6 is 0 Å². The summed E-state index contributed by atoms with van der Waals surface area (Å²) in [7, 11) is 0. The standard InChI is InChI=1S/C12H20N2O4/c1-7(15)5-11(17)13-9(3)10(4)14-12(18)6-8(2)16/h9-10H,5-6H2,1-4H3,(H,13,17)(H,14,18). The molecule has 0 rings (SSSR count). The lowest BCUT2D eigenvalue weighted by Gasteiger charge is -2.22. The third-order valence-corrected chi connectivity index (χ3v) is 2.35. The summed E-state index contributed by atoms with van der Waals surface area (Å²) in [5.41, 5.74) is 0. The molecule has 0 heterocycles. The molecule has 0 aromatic heterocycles. The van der Waals surface area contributed by atoms with Crippen molar-refractivity contribution in [3.8, 4) is 0 Å². The fraction of sp³-hybridized carbons (Fsp3) is 0.667. The maximum absolute atomic E-state index is 11.3. The molecule has 6 nitrogen and oxygen atoms in total. The van der Waals surface area contributed by atoms with Crippen molar-refractivity contribution in [3.05, 3.63) is 0 Å². The van der Waals surface area contributed by atoms with Crippen LogP contribution < -0.4 is 10.6 Å². The van der Waals surface area contributed by atoms with Crippen LogP contribution in [-0.2, 0) is 19.2 Å². The third-order valence-electron chi connectivity index (χ3n) is 2.35. The average Bonchev–Trinajstić information content (AvgIpc) is 2.13. The van der Waals surface area contributed by atoms with E-state index in [1.165, 1.54) is 13.8 Å². The van der Waals surface area contributed by atoms with Crippen molar-refractivity contribution in [2.24, 2.45) is 0 Å². The van der Waals surface area contributed by atoms with E-state index >= 15 is 0 Å². The zero-order valence-electron chi connectivity index (χ0n) is 11.2. The molecule has 2 N–H and O–H groups in total. The highest BCUT2D eigenvalue weighted by molar-refractivity contribution is 5.97. The van der Waals surface area contributed by atoms with Gasteiger partial charge in [0.05, 0.1) is 12.8 Å². The van der Waals surface area contributed by atoms with Gasteiger partial charge >= 0.3 is 0 Å². The van der Waals surface area contributed by atoms with E-state index in [-0.39, 0.29) is 48.3 Å². The summed E-state index contributed by atoms with van der Waals surface area (Å²) in [5, 5.41) is 5.22. The molecule has 0 aliphatic heterocycles. The Kier molecular flexibility index (Phi) is 6.85. The van der Waals surface area contributed by atoms with Crippen LogP contribution in [0.2, 0.25) is 0 Å². The minimum atomic E-state index is -0.373. The van der Waals surface area contributed by atoms with Gasteiger partial charge in [0, 0.05) is 12.1 Å². The van der Waals surface area contributed by atoms with Crippen LogP contribution in [0, 0.1) is 0 Å². The maximum atomic E-state index is 11.3. The van der Waals surface area contributed by atoms with Crippen LogP contribution in [0.15, 0.2) is 0 Å². The van der Waals surface area contributed by atoms with Crippen molar-refractivity contribution in [2.45, 2.75) is 52.6 Å². The Morgan fingerprint density at radius 2 is 1.06 bits per heavy atom. The molecule has 6 heteroatoms. The van der Waals surface area contributed by atoms with Gasteiger partial charge in [0.25, 0.3) is 0 Å². The molecular weight excluding hydrogens is 236 g/mol. The largest absolute Gasteiger partial charge is 0.351 e. The number of hydrogen-bond acceptors (Lipinski definition) is 4. The second-order valence-corrected chi connectivity index (χ2v) is 4.47. The van der Waals surface area contributed by atoms with E-state index in [2.05, 4.69) is 10.6 Å². The van der Waals surface area contributed by atoms with Crippen LogP contribution in [0.25, 0.3) is 0 Å². The Balaban J connectivity index is 4.13. The van der Waals surface area contributed by atoms with Gasteiger partial charge in [-0.25, -0.2) is 0 Å². The Hall–Kier alpha value is -1.72. The summed E-state index contributed by atoms with van der Waals surface area (Å²) in [6.07, 6.45) is -0.336. The monoisotopic (exact) mass is 256 g/mol. The number of carbonyl (C=O) groups excluding carboxylic acids is 4. The zero-order chi connectivity index (χ0) is 14.3. The SMILES string of the molecule is CC(=O)CC(=O)NC(C)C(C)NC(=O)CC(C)=O. The molecule has 0 aliphatic carbocycles. The number of amides is 2. The number of Topliss-reactive ketones (excluding diaryl/α,β-unsaturated/α-hetero) is 2. The lowest BCUT2D eigenvalue weighted by Crippen LogP contribution is -2.49. The first-order valence-corrected chi connectivity index (χ1v) is 5.80. The molecule has 2 atom stereocenters. The van der Waals surface area contributed by atoms with Gasteiger partial charge in [-0.2, -0.15) is 0 Å². The van der Waals surface area contributed by atoms with E-state index in [9.17, 15) is 19.2 Å². The summed E-state index contributed by atoms with van der Waals surface area (Å²) in [5.74, 6) is -1.17. The topological polar surface area (TPSA) is 92.3 Å². The lowest BCUT2D eigenvalue weighted by atomic mass is 10.1. The number of ketones is 2. The van der Waals surface area contributed by atoms with Crippen molar-refractivity contribution in [1.29, 1.82) is 0 Å². The average molecular weight is 256 g/mol. The molecule has 18 heavy (non-hydrogen) atoms. The smallest absolute Gasteiger partial charge is 0.227 e. The van der Waals surface area contributed by atoms with Gasteiger partial charge in [-0.3, -0.25) is 19.2 Å². The van der Waals surface area contributed by atoms with E-state index in [4.69, 9.17) is 0 Å². The van der Waals surface area contributed by atoms with Crippen LogP contribution in [0.5, 0.6) is 0 Å². The number of nitrogens with one attached hydrogen (secondary N) is 2. The molecule has 0 saturated carbocycles. The lowest BCUT2D eigenvalue weighted by molar-refractivity contribution is -0.130. The molecule has 0 spiro atoms. The highest BCUT2D eigenvalue weighted by Crippen LogP contribution is 1.95. The quantitative estimate of drug-likeness (QED) is 0.625. The normalized spacial score (nSPS) is 13.3. The van der Waals surface area contributed by atoms with Gasteiger partial charge in [0.15, 0.2) is 0 Å². The minimum absolute atomic E-state index is 0.168. The molecular formula is C12H20N2O4.